The van der Waals surface area contributed by atoms with E-state index in [0.29, 0.717) is 27.0 Å². The summed E-state index contributed by atoms with van der Waals surface area (Å²) in [4.78, 5) is 11.7. The molecule has 1 amide bonds. The predicted octanol–water partition coefficient (Wildman–Crippen LogP) is 3.64. The van der Waals surface area contributed by atoms with Gasteiger partial charge in [0, 0.05) is 11.8 Å². The van der Waals surface area contributed by atoms with Crippen molar-refractivity contribution in [3.63, 3.8) is 0 Å². The van der Waals surface area contributed by atoms with Crippen LogP contribution in [0.25, 0.3) is 0 Å². The van der Waals surface area contributed by atoms with E-state index in [1.165, 1.54) is 0 Å². The minimum atomic E-state index is -0.716. The van der Waals surface area contributed by atoms with Crippen molar-refractivity contribution in [1.29, 1.82) is 0 Å². The lowest BCUT2D eigenvalue weighted by Crippen LogP contribution is -2.27. The molecule has 1 atom stereocenters. The van der Waals surface area contributed by atoms with Gasteiger partial charge in [0.25, 0.3) is 0 Å². The van der Waals surface area contributed by atoms with Gasteiger partial charge < -0.3 is 15.8 Å². The average Bonchev–Trinajstić information content (AvgIpc) is 2.47. The SMILES string of the molecule is COc1cccc(NC(C(N)=O)c2ccc(Cl)c(Cl)c2)c1. The monoisotopic (exact) mass is 324 g/mol. The fourth-order valence-corrected chi connectivity index (χ4v) is 2.20. The Morgan fingerprint density at radius 1 is 1.19 bits per heavy atom. The second-order valence-corrected chi connectivity index (χ2v) is 5.20. The Morgan fingerprint density at radius 3 is 2.57 bits per heavy atom. The van der Waals surface area contributed by atoms with E-state index in [0.717, 1.165) is 0 Å². The van der Waals surface area contributed by atoms with Crippen LogP contribution in [0, 0.1) is 0 Å². The van der Waals surface area contributed by atoms with Crippen LogP contribution in [0.5, 0.6) is 5.75 Å². The molecular formula is C15H14Cl2N2O2. The molecule has 0 saturated heterocycles. The molecule has 1 unspecified atom stereocenters. The number of benzene rings is 2. The standard InChI is InChI=1S/C15H14Cl2N2O2/c1-21-11-4-2-3-10(8-11)19-14(15(18)20)9-5-6-12(16)13(17)7-9/h2-8,14,19H,1H3,(H2,18,20). The molecular weight excluding hydrogens is 311 g/mol. The van der Waals surface area contributed by atoms with Gasteiger partial charge in [-0.15, -0.1) is 0 Å². The molecule has 0 aliphatic rings. The summed E-state index contributed by atoms with van der Waals surface area (Å²) in [5.41, 5.74) is 6.82. The van der Waals surface area contributed by atoms with Crippen molar-refractivity contribution in [3.8, 4) is 5.75 Å². The molecule has 2 aromatic carbocycles. The molecule has 2 aromatic rings. The fraction of sp³-hybridized carbons (Fsp3) is 0.133. The first-order valence-electron chi connectivity index (χ1n) is 6.16. The zero-order valence-corrected chi connectivity index (χ0v) is 12.8. The van der Waals surface area contributed by atoms with Gasteiger partial charge in [-0.1, -0.05) is 35.3 Å². The van der Waals surface area contributed by atoms with E-state index < -0.39 is 11.9 Å². The molecule has 110 valence electrons. The quantitative estimate of drug-likeness (QED) is 0.882. The Bertz CT molecular complexity index is 662. The van der Waals surface area contributed by atoms with E-state index in [9.17, 15) is 4.79 Å². The Hall–Kier alpha value is -1.91. The van der Waals surface area contributed by atoms with Gasteiger partial charge >= 0.3 is 0 Å². The van der Waals surface area contributed by atoms with Crippen LogP contribution in [0.1, 0.15) is 11.6 Å². The van der Waals surface area contributed by atoms with Crippen LogP contribution >= 0.6 is 23.2 Å². The summed E-state index contributed by atoms with van der Waals surface area (Å²) in [5.74, 6) is 0.161. The molecule has 0 bridgehead atoms. The summed E-state index contributed by atoms with van der Waals surface area (Å²) in [7, 11) is 1.57. The Balaban J connectivity index is 2.30. The van der Waals surface area contributed by atoms with Crippen LogP contribution in [0.3, 0.4) is 0 Å². The van der Waals surface area contributed by atoms with E-state index >= 15 is 0 Å². The molecule has 0 aliphatic heterocycles. The van der Waals surface area contributed by atoms with Crippen molar-refractivity contribution in [2.75, 3.05) is 12.4 Å². The lowest BCUT2D eigenvalue weighted by Gasteiger charge is -2.18. The summed E-state index contributed by atoms with van der Waals surface area (Å²) in [6, 6.07) is 11.4. The maximum Gasteiger partial charge on any atom is 0.244 e. The molecule has 2 rings (SSSR count). The Kier molecular flexibility index (Phi) is 4.94. The van der Waals surface area contributed by atoms with Crippen molar-refractivity contribution >= 4 is 34.8 Å². The molecule has 3 N–H and O–H groups in total. The van der Waals surface area contributed by atoms with Gasteiger partial charge in [-0.3, -0.25) is 4.79 Å². The average molecular weight is 325 g/mol. The molecule has 0 aliphatic carbocycles. The van der Waals surface area contributed by atoms with Crippen molar-refractivity contribution in [3.05, 3.63) is 58.1 Å². The molecule has 0 heterocycles. The highest BCUT2D eigenvalue weighted by molar-refractivity contribution is 6.42. The lowest BCUT2D eigenvalue weighted by atomic mass is 10.1. The number of hydrogen-bond donors (Lipinski definition) is 2. The number of primary amides is 1. The zero-order valence-electron chi connectivity index (χ0n) is 11.3. The van der Waals surface area contributed by atoms with E-state index in [4.69, 9.17) is 33.7 Å². The smallest absolute Gasteiger partial charge is 0.244 e. The zero-order chi connectivity index (χ0) is 15.4. The summed E-state index contributed by atoms with van der Waals surface area (Å²) in [6.07, 6.45) is 0. The number of amides is 1. The lowest BCUT2D eigenvalue weighted by molar-refractivity contribution is -0.118. The van der Waals surface area contributed by atoms with E-state index in [1.54, 1.807) is 31.4 Å². The number of carbonyl (C=O) groups excluding carboxylic acids is 1. The minimum absolute atomic E-state index is 0.368. The molecule has 0 saturated carbocycles. The predicted molar refractivity (Wildman–Crippen MR) is 85.0 cm³/mol. The Labute approximate surface area is 132 Å². The van der Waals surface area contributed by atoms with Gasteiger partial charge in [0.2, 0.25) is 5.91 Å². The Morgan fingerprint density at radius 2 is 1.95 bits per heavy atom. The first kappa shape index (κ1) is 15.5. The third-order valence-electron chi connectivity index (χ3n) is 2.94. The fourth-order valence-electron chi connectivity index (χ4n) is 1.89. The van der Waals surface area contributed by atoms with E-state index in [-0.39, 0.29) is 0 Å². The van der Waals surface area contributed by atoms with Gasteiger partial charge in [-0.2, -0.15) is 0 Å². The third-order valence-corrected chi connectivity index (χ3v) is 3.68. The number of nitrogens with one attached hydrogen (secondary N) is 1. The largest absolute Gasteiger partial charge is 0.497 e. The summed E-state index contributed by atoms with van der Waals surface area (Å²) >= 11 is 11.9. The van der Waals surface area contributed by atoms with Gasteiger partial charge in [0.1, 0.15) is 11.8 Å². The van der Waals surface area contributed by atoms with Crippen molar-refractivity contribution in [2.24, 2.45) is 5.73 Å². The number of ether oxygens (including phenoxy) is 1. The van der Waals surface area contributed by atoms with E-state index in [1.807, 2.05) is 18.2 Å². The number of anilines is 1. The summed E-state index contributed by atoms with van der Waals surface area (Å²) < 4.78 is 5.14. The topological polar surface area (TPSA) is 64.3 Å². The highest BCUT2D eigenvalue weighted by atomic mass is 35.5. The van der Waals surface area contributed by atoms with Crippen molar-refractivity contribution < 1.29 is 9.53 Å². The summed E-state index contributed by atoms with van der Waals surface area (Å²) in [6.45, 7) is 0. The van der Waals surface area contributed by atoms with Crippen LogP contribution in [0.15, 0.2) is 42.5 Å². The van der Waals surface area contributed by atoms with Crippen LogP contribution < -0.4 is 15.8 Å². The minimum Gasteiger partial charge on any atom is -0.497 e. The van der Waals surface area contributed by atoms with Crippen LogP contribution in [0.2, 0.25) is 10.0 Å². The van der Waals surface area contributed by atoms with Gasteiger partial charge in [-0.05, 0) is 29.8 Å². The number of methoxy groups -OCH3 is 1. The van der Waals surface area contributed by atoms with Crippen LogP contribution in [-0.4, -0.2) is 13.0 Å². The molecule has 0 aromatic heterocycles. The molecule has 0 radical (unpaired) electrons. The van der Waals surface area contributed by atoms with Gasteiger partial charge in [0.15, 0.2) is 0 Å². The summed E-state index contributed by atoms with van der Waals surface area (Å²) in [5, 5.41) is 3.85. The van der Waals surface area contributed by atoms with Crippen molar-refractivity contribution in [1.82, 2.24) is 0 Å². The molecule has 6 heteroatoms. The van der Waals surface area contributed by atoms with Gasteiger partial charge in [-0.25, -0.2) is 0 Å². The highest BCUT2D eigenvalue weighted by Gasteiger charge is 2.18. The van der Waals surface area contributed by atoms with Crippen molar-refractivity contribution in [2.45, 2.75) is 6.04 Å². The highest BCUT2D eigenvalue weighted by Crippen LogP contribution is 2.28. The molecule has 0 fully saturated rings. The molecule has 4 nitrogen and oxygen atoms in total. The number of rotatable bonds is 5. The van der Waals surface area contributed by atoms with Crippen LogP contribution in [-0.2, 0) is 4.79 Å². The first-order chi connectivity index (χ1) is 10.0. The second-order valence-electron chi connectivity index (χ2n) is 4.39. The first-order valence-corrected chi connectivity index (χ1v) is 6.91. The maximum absolute atomic E-state index is 11.7. The maximum atomic E-state index is 11.7. The molecule has 21 heavy (non-hydrogen) atoms. The third kappa shape index (κ3) is 3.80. The molecule has 0 spiro atoms. The number of hydrogen-bond acceptors (Lipinski definition) is 3. The number of carbonyl (C=O) groups is 1. The normalized spacial score (nSPS) is 11.8. The second kappa shape index (κ2) is 6.70. The van der Waals surface area contributed by atoms with Gasteiger partial charge in [0.05, 0.1) is 17.2 Å². The van der Waals surface area contributed by atoms with Crippen LogP contribution in [0.4, 0.5) is 5.69 Å². The van der Waals surface area contributed by atoms with E-state index in [2.05, 4.69) is 5.32 Å². The number of halogens is 2. The number of nitrogens with two attached hydrogens (primary N) is 1.